The molecule has 0 atom stereocenters. The van der Waals surface area contributed by atoms with Crippen LogP contribution in [0.2, 0.25) is 0 Å². The molecule has 0 saturated carbocycles. The van der Waals surface area contributed by atoms with Gasteiger partial charge >= 0.3 is 0 Å². The number of rotatable bonds is 2. The summed E-state index contributed by atoms with van der Waals surface area (Å²) in [5, 5.41) is 16.2. The molecular formula is C6H4Br4N4O2. The zero-order valence-electron chi connectivity index (χ0n) is 7.38. The number of hydrogen-bond donors (Lipinski definition) is 2. The molecule has 0 fully saturated rings. The Kier molecular flexibility index (Phi) is 8.22. The smallest absolute Gasteiger partial charge is 0.259 e. The van der Waals surface area contributed by atoms with Gasteiger partial charge in [0.15, 0.2) is 0 Å². The maximum absolute atomic E-state index is 10.2. The Morgan fingerprint density at radius 3 is 1.06 bits per heavy atom. The van der Waals surface area contributed by atoms with Crippen LogP contribution in [0.25, 0.3) is 0 Å². The van der Waals surface area contributed by atoms with Crippen molar-refractivity contribution in [2.45, 2.75) is 6.47 Å². The second-order valence-corrected chi connectivity index (χ2v) is 8.99. The molecule has 0 aliphatic carbocycles. The third-order valence-corrected chi connectivity index (χ3v) is 3.17. The van der Waals surface area contributed by atoms with E-state index in [1.54, 1.807) is 12.1 Å². The normalized spacial score (nSPS) is 10.1. The lowest BCUT2D eigenvalue weighted by atomic mass is 10.5. The van der Waals surface area contributed by atoms with Crippen molar-refractivity contribution >= 4 is 75.5 Å². The molecule has 4 N–H and O–H groups in total. The fourth-order valence-electron chi connectivity index (χ4n) is 0.110. The predicted octanol–water partition coefficient (Wildman–Crippen LogP) is 0.963. The number of carbonyl (C=O) groups excluding carboxylic acids is 2. The quantitative estimate of drug-likeness (QED) is 0.566. The molecule has 0 aromatic rings. The summed E-state index contributed by atoms with van der Waals surface area (Å²) in [7, 11) is 0. The monoisotopic (exact) mass is 480 g/mol. The first-order valence-electron chi connectivity index (χ1n) is 3.19. The molecule has 6 nitrogen and oxygen atoms in total. The largest absolute Gasteiger partial charge is 0.367 e. The van der Waals surface area contributed by atoms with Crippen LogP contribution in [0, 0.1) is 22.7 Å². The minimum atomic E-state index is -1.39. The average Bonchev–Trinajstić information content (AvgIpc) is 2.18. The summed E-state index contributed by atoms with van der Waals surface area (Å²) in [5.41, 5.74) is 9.45. The molecule has 0 spiro atoms. The molecule has 88 valence electrons. The van der Waals surface area contributed by atoms with Crippen molar-refractivity contribution in [2.24, 2.45) is 11.5 Å². The molecule has 16 heavy (non-hydrogen) atoms. The Morgan fingerprint density at radius 2 is 1.06 bits per heavy atom. The van der Waals surface area contributed by atoms with Crippen LogP contribution in [0.15, 0.2) is 0 Å². The summed E-state index contributed by atoms with van der Waals surface area (Å²) in [6, 6.07) is 3.20. The third-order valence-electron chi connectivity index (χ3n) is 0.900. The van der Waals surface area contributed by atoms with E-state index in [0.29, 0.717) is 0 Å². The number of nitrogens with zero attached hydrogens (tertiary/aromatic N) is 2. The fourth-order valence-corrected chi connectivity index (χ4v) is 0.110. The summed E-state index contributed by atoms with van der Waals surface area (Å²) >= 11 is 10.9. The van der Waals surface area contributed by atoms with Crippen LogP contribution in [0.3, 0.4) is 0 Å². The highest BCUT2D eigenvalue weighted by molar-refractivity contribution is 9.26. The van der Waals surface area contributed by atoms with Crippen molar-refractivity contribution in [1.29, 1.82) is 10.5 Å². The average molecular weight is 484 g/mol. The molecule has 0 aromatic carbocycles. The van der Waals surface area contributed by atoms with Gasteiger partial charge in [-0.1, -0.05) is 0 Å². The summed E-state index contributed by atoms with van der Waals surface area (Å²) in [5.74, 6) is -1.50. The highest BCUT2D eigenvalue weighted by Crippen LogP contribution is 2.24. The first-order chi connectivity index (χ1) is 7.01. The molecule has 0 heterocycles. The summed E-state index contributed by atoms with van der Waals surface area (Å²) in [4.78, 5) is 20.3. The minimum Gasteiger partial charge on any atom is -0.367 e. The van der Waals surface area contributed by atoms with Gasteiger partial charge in [0.25, 0.3) is 11.8 Å². The van der Waals surface area contributed by atoms with E-state index in [1.165, 1.54) is 0 Å². The molecule has 0 aliphatic rings. The molecule has 0 radical (unpaired) electrons. The van der Waals surface area contributed by atoms with Crippen molar-refractivity contribution in [3.05, 3.63) is 0 Å². The molecule has 0 rings (SSSR count). The second kappa shape index (κ2) is 7.22. The predicted molar refractivity (Wildman–Crippen MR) is 70.8 cm³/mol. The lowest BCUT2D eigenvalue weighted by Crippen LogP contribution is -2.30. The molecule has 0 unspecified atom stereocenters. The number of halogens is 4. The highest BCUT2D eigenvalue weighted by atomic mass is 79.9. The lowest BCUT2D eigenvalue weighted by molar-refractivity contribution is -0.117. The summed E-state index contributed by atoms with van der Waals surface area (Å²) < 4.78 is -2.78. The fraction of sp³-hybridized carbons (Fsp3) is 0.333. The van der Waals surface area contributed by atoms with E-state index < -0.39 is 18.3 Å². The maximum Gasteiger partial charge on any atom is 0.259 e. The Balaban J connectivity index is 0. The van der Waals surface area contributed by atoms with Crippen LogP contribution in [0.4, 0.5) is 0 Å². The van der Waals surface area contributed by atoms with Crippen LogP contribution in [-0.2, 0) is 9.59 Å². The van der Waals surface area contributed by atoms with Gasteiger partial charge in [0, 0.05) is 0 Å². The lowest BCUT2D eigenvalue weighted by Gasteiger charge is -2.01. The number of alkyl halides is 4. The Bertz CT molecular complexity index is 332. The van der Waals surface area contributed by atoms with Crippen molar-refractivity contribution in [3.63, 3.8) is 0 Å². The molecule has 0 aromatic heterocycles. The summed E-state index contributed by atoms with van der Waals surface area (Å²) in [6.07, 6.45) is 0. The molecule has 2 amide bonds. The van der Waals surface area contributed by atoms with Gasteiger partial charge in [-0.25, -0.2) is 0 Å². The number of carbonyl (C=O) groups is 2. The SMILES string of the molecule is N#CC(Br)(Br)C(N)=O.N#CC(Br)(Br)C(N)=O. The van der Waals surface area contributed by atoms with Crippen molar-refractivity contribution in [1.82, 2.24) is 0 Å². The Labute approximate surface area is 125 Å². The van der Waals surface area contributed by atoms with Crippen molar-refractivity contribution in [3.8, 4) is 12.1 Å². The van der Waals surface area contributed by atoms with Gasteiger partial charge in [-0.2, -0.15) is 10.5 Å². The van der Waals surface area contributed by atoms with E-state index in [9.17, 15) is 9.59 Å². The number of nitrogens with two attached hydrogens (primary N) is 2. The standard InChI is InChI=1S/2C3H2Br2N2O/c2*4-3(5,1-6)2(7)8/h2*(H2,7,8). The molecular weight excluding hydrogens is 480 g/mol. The van der Waals surface area contributed by atoms with Gasteiger partial charge in [-0.15, -0.1) is 0 Å². The zero-order valence-corrected chi connectivity index (χ0v) is 13.7. The zero-order chi connectivity index (χ0) is 13.6. The van der Waals surface area contributed by atoms with Crippen LogP contribution < -0.4 is 11.5 Å². The number of amides is 2. The Hall–Kier alpha value is -0.160. The van der Waals surface area contributed by atoms with Crippen LogP contribution in [-0.4, -0.2) is 18.3 Å². The highest BCUT2D eigenvalue weighted by Gasteiger charge is 2.29. The molecule has 0 bridgehead atoms. The van der Waals surface area contributed by atoms with E-state index in [0.717, 1.165) is 0 Å². The number of primary amides is 2. The topological polar surface area (TPSA) is 134 Å². The van der Waals surface area contributed by atoms with Crippen molar-refractivity contribution < 1.29 is 9.59 Å². The number of hydrogen-bond acceptors (Lipinski definition) is 4. The molecule has 0 aliphatic heterocycles. The van der Waals surface area contributed by atoms with Gasteiger partial charge in [0.2, 0.25) is 6.47 Å². The van der Waals surface area contributed by atoms with Gasteiger partial charge < -0.3 is 11.5 Å². The van der Waals surface area contributed by atoms with E-state index in [1.807, 2.05) is 0 Å². The van der Waals surface area contributed by atoms with E-state index >= 15 is 0 Å². The molecule has 0 saturated heterocycles. The van der Waals surface area contributed by atoms with Crippen LogP contribution in [0.5, 0.6) is 0 Å². The van der Waals surface area contributed by atoms with Crippen LogP contribution >= 0.6 is 63.7 Å². The van der Waals surface area contributed by atoms with E-state index in [-0.39, 0.29) is 0 Å². The van der Waals surface area contributed by atoms with Gasteiger partial charge in [-0.05, 0) is 63.7 Å². The van der Waals surface area contributed by atoms with Gasteiger partial charge in [-0.3, -0.25) is 9.59 Å². The third kappa shape index (κ3) is 7.17. The second-order valence-electron chi connectivity index (χ2n) is 2.10. The Morgan fingerprint density at radius 1 is 0.875 bits per heavy atom. The number of nitriles is 2. The van der Waals surface area contributed by atoms with E-state index in [4.69, 9.17) is 22.0 Å². The van der Waals surface area contributed by atoms with Gasteiger partial charge in [0.05, 0.1) is 0 Å². The minimum absolute atomic E-state index is 0.750. The first kappa shape index (κ1) is 18.2. The van der Waals surface area contributed by atoms with E-state index in [2.05, 4.69) is 63.7 Å². The molecule has 10 heteroatoms. The maximum atomic E-state index is 10.2. The summed E-state index contributed by atoms with van der Waals surface area (Å²) in [6.45, 7) is 0. The first-order valence-corrected chi connectivity index (χ1v) is 6.36. The van der Waals surface area contributed by atoms with Gasteiger partial charge in [0.1, 0.15) is 12.1 Å². The van der Waals surface area contributed by atoms with Crippen LogP contribution in [0.1, 0.15) is 0 Å². The van der Waals surface area contributed by atoms with Crippen molar-refractivity contribution in [2.75, 3.05) is 0 Å².